The normalized spacial score (nSPS) is 10.7. The number of nitrogens with zero attached hydrogens (tertiary/aromatic N) is 4. The molecule has 0 amide bonds. The topological polar surface area (TPSA) is 59.7 Å². The average Bonchev–Trinajstić information content (AvgIpc) is 3.04. The van der Waals surface area contributed by atoms with Gasteiger partial charge in [-0.25, -0.2) is 0 Å². The minimum atomic E-state index is 0.475. The van der Waals surface area contributed by atoms with Gasteiger partial charge < -0.3 is 10.6 Å². The molecule has 2 N–H and O–H groups in total. The van der Waals surface area contributed by atoms with E-state index in [1.165, 1.54) is 0 Å². The zero-order valence-electron chi connectivity index (χ0n) is 14.2. The first-order valence-electron chi connectivity index (χ1n) is 7.78. The van der Waals surface area contributed by atoms with Crippen LogP contribution in [-0.4, -0.2) is 24.7 Å². The van der Waals surface area contributed by atoms with Gasteiger partial charge in [0.15, 0.2) is 10.9 Å². The predicted octanol–water partition coefficient (Wildman–Crippen LogP) is 3.74. The maximum atomic E-state index is 6.04. The lowest BCUT2D eigenvalue weighted by atomic mass is 10.2. The summed E-state index contributed by atoms with van der Waals surface area (Å²) in [5, 5.41) is 16.2. The van der Waals surface area contributed by atoms with E-state index in [4.69, 9.17) is 23.8 Å². The van der Waals surface area contributed by atoms with E-state index in [2.05, 4.69) is 20.8 Å². The van der Waals surface area contributed by atoms with Crippen LogP contribution in [0.2, 0.25) is 5.02 Å². The summed E-state index contributed by atoms with van der Waals surface area (Å²) in [6.45, 7) is 4.63. The van der Waals surface area contributed by atoms with Crippen molar-refractivity contribution in [3.05, 3.63) is 58.5 Å². The number of rotatable bonds is 4. The van der Waals surface area contributed by atoms with Crippen LogP contribution >= 0.6 is 23.8 Å². The monoisotopic (exact) mass is 374 g/mol. The van der Waals surface area contributed by atoms with Crippen LogP contribution in [0, 0.1) is 13.8 Å². The molecule has 2 heterocycles. The second kappa shape index (κ2) is 7.25. The van der Waals surface area contributed by atoms with Crippen LogP contribution in [-0.2, 0) is 13.6 Å². The fourth-order valence-electron chi connectivity index (χ4n) is 2.43. The number of aryl methyl sites for hydroxylation is 2. The summed E-state index contributed by atoms with van der Waals surface area (Å²) >= 11 is 11.4. The van der Waals surface area contributed by atoms with E-state index in [1.54, 1.807) is 10.9 Å². The molecule has 0 aliphatic heterocycles. The zero-order valence-corrected chi connectivity index (χ0v) is 15.8. The van der Waals surface area contributed by atoms with Gasteiger partial charge in [-0.05, 0) is 43.8 Å². The first kappa shape index (κ1) is 17.4. The van der Waals surface area contributed by atoms with E-state index in [-0.39, 0.29) is 0 Å². The number of halogens is 1. The molecule has 25 heavy (non-hydrogen) atoms. The number of hydrogen-bond acceptors (Lipinski definition) is 3. The second-order valence-electron chi connectivity index (χ2n) is 5.80. The third kappa shape index (κ3) is 4.18. The summed E-state index contributed by atoms with van der Waals surface area (Å²) in [7, 11) is 1.89. The molecule has 0 aliphatic carbocycles. The Hall–Kier alpha value is -2.38. The van der Waals surface area contributed by atoms with Gasteiger partial charge in [0.25, 0.3) is 0 Å². The van der Waals surface area contributed by atoms with Gasteiger partial charge in [-0.15, -0.1) is 0 Å². The van der Waals surface area contributed by atoms with E-state index in [9.17, 15) is 0 Å². The number of aromatic nitrogens is 4. The Morgan fingerprint density at radius 1 is 1.24 bits per heavy atom. The smallest absolute Gasteiger partial charge is 0.176 e. The Bertz CT molecular complexity index is 914. The Morgan fingerprint density at radius 3 is 2.72 bits per heavy atom. The van der Waals surface area contributed by atoms with Crippen molar-refractivity contribution in [3.63, 3.8) is 0 Å². The summed E-state index contributed by atoms with van der Waals surface area (Å²) in [6.07, 6.45) is 1.74. The van der Waals surface area contributed by atoms with Crippen LogP contribution < -0.4 is 10.6 Å². The third-order valence-corrected chi connectivity index (χ3v) is 4.37. The molecule has 0 bridgehead atoms. The van der Waals surface area contributed by atoms with E-state index in [0.717, 1.165) is 27.7 Å². The van der Waals surface area contributed by atoms with Gasteiger partial charge in [0.1, 0.15) is 0 Å². The van der Waals surface area contributed by atoms with Crippen molar-refractivity contribution >= 4 is 40.4 Å². The van der Waals surface area contributed by atoms with Crippen molar-refractivity contribution in [2.75, 3.05) is 10.6 Å². The predicted molar refractivity (Wildman–Crippen MR) is 105 cm³/mol. The van der Waals surface area contributed by atoms with E-state index in [0.29, 0.717) is 17.5 Å². The Kier molecular flexibility index (Phi) is 5.06. The van der Waals surface area contributed by atoms with Gasteiger partial charge in [-0.1, -0.05) is 23.7 Å². The Labute approximate surface area is 156 Å². The highest BCUT2D eigenvalue weighted by molar-refractivity contribution is 7.80. The molecule has 2 aromatic heterocycles. The molecule has 6 nitrogen and oxygen atoms in total. The first-order chi connectivity index (χ1) is 11.9. The molecule has 3 aromatic rings. The number of anilines is 2. The van der Waals surface area contributed by atoms with Gasteiger partial charge >= 0.3 is 0 Å². The van der Waals surface area contributed by atoms with Gasteiger partial charge in [-0.2, -0.15) is 10.2 Å². The molecule has 0 aliphatic rings. The molecule has 0 spiro atoms. The highest BCUT2D eigenvalue weighted by Crippen LogP contribution is 2.16. The van der Waals surface area contributed by atoms with Crippen molar-refractivity contribution in [3.8, 4) is 0 Å². The van der Waals surface area contributed by atoms with Crippen LogP contribution in [0.5, 0.6) is 0 Å². The second-order valence-corrected chi connectivity index (χ2v) is 6.65. The van der Waals surface area contributed by atoms with Crippen molar-refractivity contribution in [2.24, 2.45) is 7.05 Å². The van der Waals surface area contributed by atoms with Gasteiger partial charge in [0.2, 0.25) is 0 Å². The van der Waals surface area contributed by atoms with E-state index in [1.807, 2.05) is 55.9 Å². The van der Waals surface area contributed by atoms with Crippen LogP contribution in [0.4, 0.5) is 11.5 Å². The fourth-order valence-corrected chi connectivity index (χ4v) is 2.86. The standard InChI is InChI=1S/C17H19ClN6S/c1-11-7-16(21-17(25)20-15-9-19-23(3)12(15)2)22-24(11)10-13-5-4-6-14(18)8-13/h4-9H,10H2,1-3H3,(H2,20,21,22,25). The molecule has 0 unspecified atom stereocenters. The number of thiocarbonyl (C=S) groups is 1. The maximum absolute atomic E-state index is 6.04. The van der Waals surface area contributed by atoms with Crippen LogP contribution in [0.1, 0.15) is 17.0 Å². The minimum Gasteiger partial charge on any atom is -0.330 e. The maximum Gasteiger partial charge on any atom is 0.176 e. The number of nitrogens with one attached hydrogen (secondary N) is 2. The number of hydrogen-bond donors (Lipinski definition) is 2. The van der Waals surface area contributed by atoms with Gasteiger partial charge in [0.05, 0.1) is 24.1 Å². The lowest BCUT2D eigenvalue weighted by molar-refractivity contribution is 0.668. The lowest BCUT2D eigenvalue weighted by Crippen LogP contribution is -2.20. The van der Waals surface area contributed by atoms with Crippen molar-refractivity contribution in [1.82, 2.24) is 19.6 Å². The quantitative estimate of drug-likeness (QED) is 0.681. The van der Waals surface area contributed by atoms with Crippen molar-refractivity contribution in [1.29, 1.82) is 0 Å². The van der Waals surface area contributed by atoms with Crippen LogP contribution in [0.3, 0.4) is 0 Å². The van der Waals surface area contributed by atoms with E-state index < -0.39 is 0 Å². The Morgan fingerprint density at radius 2 is 2.04 bits per heavy atom. The van der Waals surface area contributed by atoms with Gasteiger partial charge in [-0.3, -0.25) is 9.36 Å². The molecule has 3 rings (SSSR count). The summed E-state index contributed by atoms with van der Waals surface area (Å²) in [5.41, 5.74) is 4.00. The summed E-state index contributed by atoms with van der Waals surface area (Å²) in [5.74, 6) is 0.693. The average molecular weight is 375 g/mol. The minimum absolute atomic E-state index is 0.475. The van der Waals surface area contributed by atoms with E-state index >= 15 is 0 Å². The molecule has 1 aromatic carbocycles. The molecule has 0 radical (unpaired) electrons. The lowest BCUT2D eigenvalue weighted by Gasteiger charge is -2.08. The Balaban J connectivity index is 1.67. The zero-order chi connectivity index (χ0) is 18.0. The van der Waals surface area contributed by atoms with Crippen LogP contribution in [0.15, 0.2) is 36.5 Å². The van der Waals surface area contributed by atoms with Crippen LogP contribution in [0.25, 0.3) is 0 Å². The highest BCUT2D eigenvalue weighted by atomic mass is 35.5. The molecule has 0 fully saturated rings. The molecule has 0 saturated carbocycles. The molecule has 130 valence electrons. The number of benzene rings is 1. The molecule has 8 heteroatoms. The molecule has 0 saturated heterocycles. The van der Waals surface area contributed by atoms with Gasteiger partial charge in [0, 0.05) is 23.8 Å². The fraction of sp³-hybridized carbons (Fsp3) is 0.235. The molecule has 0 atom stereocenters. The third-order valence-electron chi connectivity index (χ3n) is 3.93. The summed E-state index contributed by atoms with van der Waals surface area (Å²) in [4.78, 5) is 0. The van der Waals surface area contributed by atoms with Crippen molar-refractivity contribution < 1.29 is 0 Å². The van der Waals surface area contributed by atoms with Crippen molar-refractivity contribution in [2.45, 2.75) is 20.4 Å². The first-order valence-corrected chi connectivity index (χ1v) is 8.56. The SMILES string of the molecule is Cc1c(NC(=S)Nc2cc(C)n(Cc3cccc(Cl)c3)n2)cnn1C. The molecular formula is C17H19ClN6S. The largest absolute Gasteiger partial charge is 0.330 e. The summed E-state index contributed by atoms with van der Waals surface area (Å²) < 4.78 is 3.70. The summed E-state index contributed by atoms with van der Waals surface area (Å²) in [6, 6.07) is 9.71. The highest BCUT2D eigenvalue weighted by Gasteiger charge is 2.09. The molecular weight excluding hydrogens is 356 g/mol.